The predicted molar refractivity (Wildman–Crippen MR) is 105 cm³/mol. The molecule has 0 unspecified atom stereocenters. The van der Waals surface area contributed by atoms with Crippen LogP contribution < -0.4 is 5.32 Å². The number of nitrogens with one attached hydrogen (secondary N) is 1. The second-order valence-corrected chi connectivity index (χ2v) is 6.67. The summed E-state index contributed by atoms with van der Waals surface area (Å²) in [5.74, 6) is -1.23. The Labute approximate surface area is 164 Å². The van der Waals surface area contributed by atoms with Crippen molar-refractivity contribution < 1.29 is 13.5 Å². The summed E-state index contributed by atoms with van der Waals surface area (Å²) in [6.07, 6.45) is 0. The summed E-state index contributed by atoms with van der Waals surface area (Å²) in [5.41, 5.74) is 5.24. The zero-order chi connectivity index (χ0) is 20.1. The lowest BCUT2D eigenvalue weighted by atomic mass is 10.1. The Balaban J connectivity index is 1.73. The van der Waals surface area contributed by atoms with Gasteiger partial charge in [-0.05, 0) is 44.0 Å². The van der Waals surface area contributed by atoms with E-state index in [1.807, 2.05) is 32.9 Å². The van der Waals surface area contributed by atoms with Gasteiger partial charge >= 0.3 is 0 Å². The van der Waals surface area contributed by atoms with E-state index in [1.54, 1.807) is 0 Å². The van der Waals surface area contributed by atoms with Crippen molar-refractivity contribution in [3.8, 4) is 5.69 Å². The van der Waals surface area contributed by atoms with Crippen molar-refractivity contribution in [2.75, 3.05) is 6.61 Å². The average Bonchev–Trinajstić information content (AvgIpc) is 2.95. The molecule has 0 saturated heterocycles. The Hall–Kier alpha value is -2.57. The van der Waals surface area contributed by atoms with Gasteiger partial charge in [0, 0.05) is 37.0 Å². The molecule has 4 nitrogen and oxygen atoms in total. The first-order valence-electron chi connectivity index (χ1n) is 9.37. The van der Waals surface area contributed by atoms with Crippen LogP contribution in [0.5, 0.6) is 0 Å². The third-order valence-electron chi connectivity index (χ3n) is 4.78. The molecule has 0 aliphatic carbocycles. The Morgan fingerprint density at radius 3 is 2.50 bits per heavy atom. The van der Waals surface area contributed by atoms with Crippen LogP contribution in [-0.4, -0.2) is 16.4 Å². The number of hydrogen-bond donors (Lipinski definition) is 1. The topological polar surface area (TPSA) is 39.1 Å². The van der Waals surface area contributed by atoms with Gasteiger partial charge in [-0.1, -0.05) is 24.3 Å². The van der Waals surface area contributed by atoms with Gasteiger partial charge in [0.05, 0.1) is 12.3 Å². The molecule has 0 spiro atoms. The minimum atomic E-state index is -0.630. The largest absolute Gasteiger partial charge is 0.377 e. The summed E-state index contributed by atoms with van der Waals surface area (Å²) in [7, 11) is 0. The van der Waals surface area contributed by atoms with Gasteiger partial charge in [0.2, 0.25) is 0 Å². The first kappa shape index (κ1) is 20.2. The molecule has 1 heterocycles. The molecule has 3 aromatic rings. The predicted octanol–water partition coefficient (Wildman–Crippen LogP) is 4.59. The first-order valence-corrected chi connectivity index (χ1v) is 9.37. The molecule has 3 rings (SSSR count). The van der Waals surface area contributed by atoms with E-state index >= 15 is 0 Å². The SMILES string of the molecule is CCOCc1ccccc1CNCc1c(C)nn(-c2ccc(F)cc2F)c1C. The average molecular weight is 385 g/mol. The van der Waals surface area contributed by atoms with Crippen molar-refractivity contribution in [3.63, 3.8) is 0 Å². The van der Waals surface area contributed by atoms with Crippen LogP contribution >= 0.6 is 0 Å². The van der Waals surface area contributed by atoms with Crippen LogP contribution in [0, 0.1) is 25.5 Å². The number of benzene rings is 2. The molecule has 1 aromatic heterocycles. The van der Waals surface area contributed by atoms with Crippen LogP contribution in [-0.2, 0) is 24.4 Å². The highest BCUT2D eigenvalue weighted by atomic mass is 19.1. The van der Waals surface area contributed by atoms with Gasteiger partial charge < -0.3 is 10.1 Å². The van der Waals surface area contributed by atoms with E-state index in [4.69, 9.17) is 4.74 Å². The maximum atomic E-state index is 14.1. The summed E-state index contributed by atoms with van der Waals surface area (Å²) in [5, 5.41) is 7.89. The second kappa shape index (κ2) is 9.08. The molecule has 0 atom stereocenters. The Morgan fingerprint density at radius 1 is 1.04 bits per heavy atom. The Morgan fingerprint density at radius 2 is 1.79 bits per heavy atom. The maximum Gasteiger partial charge on any atom is 0.151 e. The highest BCUT2D eigenvalue weighted by Gasteiger charge is 2.15. The minimum absolute atomic E-state index is 0.246. The first-order chi connectivity index (χ1) is 13.5. The van der Waals surface area contributed by atoms with E-state index in [1.165, 1.54) is 22.4 Å². The highest BCUT2D eigenvalue weighted by molar-refractivity contribution is 5.38. The van der Waals surface area contributed by atoms with Gasteiger partial charge in [-0.3, -0.25) is 0 Å². The van der Waals surface area contributed by atoms with Crippen molar-refractivity contribution in [1.82, 2.24) is 15.1 Å². The number of aryl methyl sites for hydroxylation is 1. The van der Waals surface area contributed by atoms with Gasteiger partial charge in [0.1, 0.15) is 11.5 Å². The molecule has 0 amide bonds. The van der Waals surface area contributed by atoms with Crippen LogP contribution in [0.25, 0.3) is 5.69 Å². The van der Waals surface area contributed by atoms with Crippen molar-refractivity contribution in [2.45, 2.75) is 40.5 Å². The van der Waals surface area contributed by atoms with Crippen LogP contribution in [0.2, 0.25) is 0 Å². The van der Waals surface area contributed by atoms with Crippen LogP contribution in [0.3, 0.4) is 0 Å². The molecule has 0 fully saturated rings. The molecule has 0 bridgehead atoms. The normalized spacial score (nSPS) is 11.2. The summed E-state index contributed by atoms with van der Waals surface area (Å²) in [4.78, 5) is 0. The summed E-state index contributed by atoms with van der Waals surface area (Å²) < 4.78 is 34.4. The van der Waals surface area contributed by atoms with E-state index in [0.29, 0.717) is 26.3 Å². The number of aromatic nitrogens is 2. The number of rotatable bonds is 8. The quantitative estimate of drug-likeness (QED) is 0.616. The molecule has 0 aliphatic heterocycles. The standard InChI is InChI=1S/C22H25F2N3O/c1-4-28-14-18-8-6-5-7-17(18)12-25-13-20-15(2)26-27(16(20)3)22-10-9-19(23)11-21(22)24/h5-11,25H,4,12-14H2,1-3H3. The van der Waals surface area contributed by atoms with E-state index in [9.17, 15) is 8.78 Å². The fourth-order valence-corrected chi connectivity index (χ4v) is 3.22. The molecule has 0 saturated carbocycles. The number of ether oxygens (including phenoxy) is 1. The van der Waals surface area contributed by atoms with Crippen molar-refractivity contribution >= 4 is 0 Å². The molecule has 0 radical (unpaired) electrons. The minimum Gasteiger partial charge on any atom is -0.377 e. The third kappa shape index (κ3) is 4.46. The molecule has 1 N–H and O–H groups in total. The molecular formula is C22H25F2N3O. The van der Waals surface area contributed by atoms with Crippen LogP contribution in [0.15, 0.2) is 42.5 Å². The Bertz CT molecular complexity index is 953. The summed E-state index contributed by atoms with van der Waals surface area (Å²) in [6.45, 7) is 8.33. The lowest BCUT2D eigenvalue weighted by molar-refractivity contribution is 0.133. The van der Waals surface area contributed by atoms with Crippen molar-refractivity contribution in [3.05, 3.63) is 82.2 Å². The number of hydrogen-bond acceptors (Lipinski definition) is 3. The van der Waals surface area contributed by atoms with Gasteiger partial charge in [0.15, 0.2) is 5.82 Å². The van der Waals surface area contributed by atoms with Gasteiger partial charge in [-0.25, -0.2) is 13.5 Å². The molecule has 28 heavy (non-hydrogen) atoms. The maximum absolute atomic E-state index is 14.1. The molecule has 6 heteroatoms. The fourth-order valence-electron chi connectivity index (χ4n) is 3.22. The molecule has 0 aliphatic rings. The summed E-state index contributed by atoms with van der Waals surface area (Å²) >= 11 is 0. The zero-order valence-electron chi connectivity index (χ0n) is 16.4. The van der Waals surface area contributed by atoms with Gasteiger partial charge in [-0.2, -0.15) is 5.10 Å². The lowest BCUT2D eigenvalue weighted by Crippen LogP contribution is -2.15. The smallest absolute Gasteiger partial charge is 0.151 e. The summed E-state index contributed by atoms with van der Waals surface area (Å²) in [6, 6.07) is 11.7. The van der Waals surface area contributed by atoms with E-state index in [2.05, 4.69) is 22.5 Å². The number of halogens is 2. The van der Waals surface area contributed by atoms with E-state index in [0.717, 1.165) is 28.6 Å². The molecule has 148 valence electrons. The molecule has 2 aromatic carbocycles. The third-order valence-corrected chi connectivity index (χ3v) is 4.78. The van der Waals surface area contributed by atoms with E-state index in [-0.39, 0.29) is 5.69 Å². The van der Waals surface area contributed by atoms with E-state index < -0.39 is 11.6 Å². The van der Waals surface area contributed by atoms with Crippen molar-refractivity contribution in [1.29, 1.82) is 0 Å². The van der Waals surface area contributed by atoms with Crippen molar-refractivity contribution in [2.24, 2.45) is 0 Å². The van der Waals surface area contributed by atoms with Gasteiger partial charge in [0.25, 0.3) is 0 Å². The van der Waals surface area contributed by atoms with Crippen LogP contribution in [0.4, 0.5) is 8.78 Å². The molecular weight excluding hydrogens is 360 g/mol. The monoisotopic (exact) mass is 385 g/mol. The van der Waals surface area contributed by atoms with Gasteiger partial charge in [-0.15, -0.1) is 0 Å². The lowest BCUT2D eigenvalue weighted by Gasteiger charge is -2.11. The zero-order valence-corrected chi connectivity index (χ0v) is 16.4. The van der Waals surface area contributed by atoms with Crippen LogP contribution in [0.1, 0.15) is 35.0 Å². The Kier molecular flexibility index (Phi) is 6.54. The fraction of sp³-hybridized carbons (Fsp3) is 0.318. The second-order valence-electron chi connectivity index (χ2n) is 6.67. The number of nitrogens with zero attached hydrogens (tertiary/aromatic N) is 2. The highest BCUT2D eigenvalue weighted by Crippen LogP contribution is 2.21.